The zero-order chi connectivity index (χ0) is 19.8. The van der Waals surface area contributed by atoms with Gasteiger partial charge in [-0.3, -0.25) is 0 Å². The van der Waals surface area contributed by atoms with E-state index in [4.69, 9.17) is 5.73 Å². The van der Waals surface area contributed by atoms with Crippen molar-refractivity contribution in [3.63, 3.8) is 0 Å². The van der Waals surface area contributed by atoms with E-state index in [-0.39, 0.29) is 0 Å². The second kappa shape index (κ2) is 15.0. The lowest BCUT2D eigenvalue weighted by Gasteiger charge is -2.30. The predicted molar refractivity (Wildman–Crippen MR) is 122 cm³/mol. The Bertz CT molecular complexity index is 450. The average molecular weight is 376 g/mol. The second-order valence-corrected chi connectivity index (χ2v) is 9.16. The molecule has 0 atom stereocenters. The summed E-state index contributed by atoms with van der Waals surface area (Å²) in [6, 6.07) is 8.37. The average Bonchev–Trinajstić information content (AvgIpc) is 2.63. The van der Waals surface area contributed by atoms with Gasteiger partial charge in [-0.05, 0) is 25.0 Å². The summed E-state index contributed by atoms with van der Waals surface area (Å²) in [5.74, 6) is 0. The molecule has 0 saturated heterocycles. The molecular weight excluding hydrogens is 328 g/mol. The van der Waals surface area contributed by atoms with E-state index in [9.17, 15) is 0 Å². The van der Waals surface area contributed by atoms with Crippen molar-refractivity contribution in [2.75, 3.05) is 26.4 Å². The van der Waals surface area contributed by atoms with E-state index in [0.29, 0.717) is 0 Å². The van der Waals surface area contributed by atoms with Crippen LogP contribution < -0.4 is 5.73 Å². The van der Waals surface area contributed by atoms with Crippen molar-refractivity contribution in [2.24, 2.45) is 0 Å². The summed E-state index contributed by atoms with van der Waals surface area (Å²) in [5.41, 5.74) is 8.03. The predicted octanol–water partition coefficient (Wildman–Crippen LogP) is 7.33. The molecule has 2 heteroatoms. The Morgan fingerprint density at radius 3 is 1.48 bits per heavy atom. The molecule has 0 radical (unpaired) electrons. The van der Waals surface area contributed by atoms with Crippen LogP contribution in [0.3, 0.4) is 0 Å². The van der Waals surface area contributed by atoms with E-state index in [1.54, 1.807) is 0 Å². The molecule has 1 rings (SSSR count). The highest BCUT2D eigenvalue weighted by Crippen LogP contribution is 2.15. The molecule has 1 aromatic carbocycles. The largest absolute Gasteiger partial charge is 0.399 e. The topological polar surface area (TPSA) is 26.0 Å². The zero-order valence-electron chi connectivity index (χ0n) is 18.6. The number of quaternary nitrogens is 1. The van der Waals surface area contributed by atoms with Crippen LogP contribution in [-0.4, -0.2) is 25.1 Å². The molecule has 0 fully saturated rings. The lowest BCUT2D eigenvalue weighted by Crippen LogP contribution is -2.39. The van der Waals surface area contributed by atoms with Crippen molar-refractivity contribution in [2.45, 2.75) is 103 Å². The molecule has 0 aromatic heterocycles. The van der Waals surface area contributed by atoms with Gasteiger partial charge in [0.15, 0.2) is 0 Å². The fourth-order valence-corrected chi connectivity index (χ4v) is 3.93. The first-order chi connectivity index (χ1) is 13.0. The molecule has 1 aromatic rings. The molecule has 156 valence electrons. The van der Waals surface area contributed by atoms with Gasteiger partial charge in [0.05, 0.1) is 20.6 Å². The molecule has 0 spiro atoms. The minimum absolute atomic E-state index is 0.857. The van der Waals surface area contributed by atoms with Gasteiger partial charge in [0.25, 0.3) is 0 Å². The SMILES string of the molecule is CCCCCCCCCCCCCCCC[N+](C)(C)Cc1ccc(N)cc1. The number of unbranched alkanes of at least 4 members (excludes halogenated alkanes) is 13. The smallest absolute Gasteiger partial charge is 0.104 e. The number of hydrogen-bond donors (Lipinski definition) is 1. The second-order valence-electron chi connectivity index (χ2n) is 9.16. The van der Waals surface area contributed by atoms with Crippen LogP contribution in [0.2, 0.25) is 0 Å². The number of anilines is 1. The maximum absolute atomic E-state index is 5.78. The minimum atomic E-state index is 0.857. The van der Waals surface area contributed by atoms with E-state index in [0.717, 1.165) is 16.7 Å². The molecule has 0 saturated carbocycles. The molecule has 2 nitrogen and oxygen atoms in total. The van der Waals surface area contributed by atoms with Crippen LogP contribution in [0.5, 0.6) is 0 Å². The van der Waals surface area contributed by atoms with E-state index in [1.807, 2.05) is 12.1 Å². The highest BCUT2D eigenvalue weighted by molar-refractivity contribution is 5.39. The van der Waals surface area contributed by atoms with Gasteiger partial charge in [-0.25, -0.2) is 0 Å². The number of nitrogen functional groups attached to an aromatic ring is 1. The van der Waals surface area contributed by atoms with Crippen LogP contribution in [0, 0.1) is 0 Å². The van der Waals surface area contributed by atoms with Crippen molar-refractivity contribution in [1.29, 1.82) is 0 Å². The fourth-order valence-electron chi connectivity index (χ4n) is 3.93. The molecule has 0 heterocycles. The Morgan fingerprint density at radius 2 is 1.04 bits per heavy atom. The van der Waals surface area contributed by atoms with Gasteiger partial charge >= 0.3 is 0 Å². The third-order valence-electron chi connectivity index (χ3n) is 5.71. The van der Waals surface area contributed by atoms with Crippen LogP contribution in [0.15, 0.2) is 24.3 Å². The van der Waals surface area contributed by atoms with Crippen molar-refractivity contribution < 1.29 is 4.48 Å². The number of nitrogens with two attached hydrogens (primary N) is 1. The molecule has 0 unspecified atom stereocenters. The Hall–Kier alpha value is -1.02. The zero-order valence-corrected chi connectivity index (χ0v) is 18.6. The summed E-state index contributed by atoms with van der Waals surface area (Å²) in [4.78, 5) is 0. The Balaban J connectivity index is 1.91. The first-order valence-electron chi connectivity index (χ1n) is 11.7. The number of hydrogen-bond acceptors (Lipinski definition) is 1. The molecule has 0 aliphatic carbocycles. The van der Waals surface area contributed by atoms with E-state index < -0.39 is 0 Å². The van der Waals surface area contributed by atoms with Crippen molar-refractivity contribution in [1.82, 2.24) is 0 Å². The molecular formula is C25H47N2+. The maximum atomic E-state index is 5.78. The Morgan fingerprint density at radius 1 is 0.630 bits per heavy atom. The van der Waals surface area contributed by atoms with Crippen LogP contribution in [0.1, 0.15) is 102 Å². The molecule has 0 aliphatic rings. The first kappa shape index (κ1) is 24.0. The minimum Gasteiger partial charge on any atom is -0.399 e. The summed E-state index contributed by atoms with van der Waals surface area (Å²) in [6.45, 7) is 4.66. The van der Waals surface area contributed by atoms with Gasteiger partial charge in [0, 0.05) is 11.3 Å². The van der Waals surface area contributed by atoms with E-state index >= 15 is 0 Å². The molecule has 27 heavy (non-hydrogen) atoms. The third kappa shape index (κ3) is 13.7. The normalized spacial score (nSPS) is 11.8. The third-order valence-corrected chi connectivity index (χ3v) is 5.71. The summed E-state index contributed by atoms with van der Waals surface area (Å²) in [6.07, 6.45) is 20.0. The standard InChI is InChI=1S/C25H47N2/c1-4-5-6-7-8-9-10-11-12-13-14-15-16-17-22-27(2,3)23-24-18-20-25(26)21-19-24/h18-21H,4-17,22-23,26H2,1-3H3/q+1. The van der Waals surface area contributed by atoms with Crippen molar-refractivity contribution in [3.8, 4) is 0 Å². The summed E-state index contributed by atoms with van der Waals surface area (Å²) in [5, 5.41) is 0. The van der Waals surface area contributed by atoms with Gasteiger partial charge in [-0.1, -0.05) is 96.1 Å². The number of benzene rings is 1. The van der Waals surface area contributed by atoms with Crippen LogP contribution >= 0.6 is 0 Å². The highest BCUT2D eigenvalue weighted by atomic mass is 15.3. The number of rotatable bonds is 17. The Labute approximate surface area is 170 Å². The van der Waals surface area contributed by atoms with Gasteiger partial charge in [-0.15, -0.1) is 0 Å². The Kier molecular flexibility index (Phi) is 13.3. The summed E-state index contributed by atoms with van der Waals surface area (Å²) < 4.78 is 1.07. The lowest BCUT2D eigenvalue weighted by molar-refractivity contribution is -0.903. The lowest BCUT2D eigenvalue weighted by atomic mass is 10.0. The van der Waals surface area contributed by atoms with Gasteiger partial charge in [0.2, 0.25) is 0 Å². The summed E-state index contributed by atoms with van der Waals surface area (Å²) in [7, 11) is 4.69. The van der Waals surface area contributed by atoms with Crippen LogP contribution in [-0.2, 0) is 6.54 Å². The summed E-state index contributed by atoms with van der Waals surface area (Å²) >= 11 is 0. The first-order valence-corrected chi connectivity index (χ1v) is 11.7. The molecule has 2 N–H and O–H groups in total. The number of nitrogens with zero attached hydrogens (tertiary/aromatic N) is 1. The quantitative estimate of drug-likeness (QED) is 0.172. The van der Waals surface area contributed by atoms with Crippen LogP contribution in [0.25, 0.3) is 0 Å². The van der Waals surface area contributed by atoms with Gasteiger partial charge in [0.1, 0.15) is 6.54 Å². The molecule has 0 aliphatic heterocycles. The molecule has 0 bridgehead atoms. The van der Waals surface area contributed by atoms with Crippen molar-refractivity contribution >= 4 is 5.69 Å². The van der Waals surface area contributed by atoms with Crippen molar-refractivity contribution in [3.05, 3.63) is 29.8 Å². The van der Waals surface area contributed by atoms with E-state index in [2.05, 4.69) is 33.2 Å². The van der Waals surface area contributed by atoms with Gasteiger partial charge < -0.3 is 10.2 Å². The highest BCUT2D eigenvalue weighted by Gasteiger charge is 2.15. The van der Waals surface area contributed by atoms with E-state index in [1.165, 1.54) is 102 Å². The fraction of sp³-hybridized carbons (Fsp3) is 0.760. The molecule has 0 amide bonds. The van der Waals surface area contributed by atoms with Crippen LogP contribution in [0.4, 0.5) is 5.69 Å². The monoisotopic (exact) mass is 375 g/mol. The maximum Gasteiger partial charge on any atom is 0.104 e. The van der Waals surface area contributed by atoms with Gasteiger partial charge in [-0.2, -0.15) is 0 Å².